The minimum atomic E-state index is -0.207. The van der Waals surface area contributed by atoms with Gasteiger partial charge in [0.05, 0.1) is 24.7 Å². The van der Waals surface area contributed by atoms with E-state index in [4.69, 9.17) is 14.2 Å². The Balaban J connectivity index is 1.60. The van der Waals surface area contributed by atoms with Gasteiger partial charge >= 0.3 is 0 Å². The van der Waals surface area contributed by atoms with Gasteiger partial charge in [0.15, 0.2) is 0 Å². The molecule has 1 amide bonds. The molecule has 3 rings (SSSR count). The van der Waals surface area contributed by atoms with Gasteiger partial charge in [-0.05, 0) is 37.5 Å². The second kappa shape index (κ2) is 8.64. The predicted molar refractivity (Wildman–Crippen MR) is 92.8 cm³/mol. The van der Waals surface area contributed by atoms with E-state index in [1.165, 1.54) is 0 Å². The molecule has 1 saturated heterocycles. The van der Waals surface area contributed by atoms with Crippen LogP contribution in [0.2, 0.25) is 0 Å². The highest BCUT2D eigenvalue weighted by molar-refractivity contribution is 6.04. The summed E-state index contributed by atoms with van der Waals surface area (Å²) in [5.41, 5.74) is 1.17. The minimum Gasteiger partial charge on any atom is -0.491 e. The third kappa shape index (κ3) is 4.80. The number of anilines is 1. The number of methoxy groups -OCH3 is 1. The first-order chi connectivity index (χ1) is 12.3. The van der Waals surface area contributed by atoms with Crippen LogP contribution in [0, 0.1) is 0 Å². The summed E-state index contributed by atoms with van der Waals surface area (Å²) in [7, 11) is 1.62. The Morgan fingerprint density at radius 1 is 1.40 bits per heavy atom. The summed E-state index contributed by atoms with van der Waals surface area (Å²) in [4.78, 5) is 12.4. The van der Waals surface area contributed by atoms with Crippen LogP contribution >= 0.6 is 0 Å². The molecule has 1 atom stereocenters. The van der Waals surface area contributed by atoms with Gasteiger partial charge in [-0.1, -0.05) is 6.07 Å². The number of amides is 1. The molecule has 7 nitrogen and oxygen atoms in total. The highest BCUT2D eigenvalue weighted by Gasteiger charge is 2.17. The molecular formula is C18H23N3O4. The normalized spacial score (nSPS) is 17.2. The predicted octanol–water partition coefficient (Wildman–Crippen LogP) is 2.86. The van der Waals surface area contributed by atoms with Crippen LogP contribution in [0.1, 0.15) is 35.8 Å². The van der Waals surface area contributed by atoms with Crippen molar-refractivity contribution in [3.8, 4) is 5.75 Å². The van der Waals surface area contributed by atoms with Gasteiger partial charge in [-0.2, -0.15) is 5.10 Å². The van der Waals surface area contributed by atoms with Crippen molar-refractivity contribution >= 4 is 11.6 Å². The summed E-state index contributed by atoms with van der Waals surface area (Å²) in [6.07, 6.45) is 6.54. The molecule has 0 radical (unpaired) electrons. The molecule has 0 spiro atoms. The van der Waals surface area contributed by atoms with E-state index in [0.29, 0.717) is 30.2 Å². The van der Waals surface area contributed by atoms with Crippen LogP contribution in [0.5, 0.6) is 5.75 Å². The quantitative estimate of drug-likeness (QED) is 0.781. The van der Waals surface area contributed by atoms with Crippen molar-refractivity contribution in [2.75, 3.05) is 32.2 Å². The second-order valence-corrected chi connectivity index (χ2v) is 5.85. The standard InChI is InChI=1S/C18H23N3O4/c1-23-9-10-24-16-6-4-5-14(11-16)18(22)20-15-12-19-21(13-15)17-7-2-3-8-25-17/h4-6,11-13,17H,2-3,7-10H2,1H3,(H,20,22). The Hall–Kier alpha value is -2.38. The van der Waals surface area contributed by atoms with Crippen molar-refractivity contribution in [3.05, 3.63) is 42.2 Å². The van der Waals surface area contributed by atoms with E-state index in [1.807, 2.05) is 6.07 Å². The lowest BCUT2D eigenvalue weighted by molar-refractivity contribution is -0.0394. The molecule has 25 heavy (non-hydrogen) atoms. The molecule has 2 heterocycles. The summed E-state index contributed by atoms with van der Waals surface area (Å²) in [6.45, 7) is 1.69. The summed E-state index contributed by atoms with van der Waals surface area (Å²) in [5.74, 6) is 0.428. The molecule has 1 aromatic heterocycles. The van der Waals surface area contributed by atoms with Crippen LogP contribution in [0.3, 0.4) is 0 Å². The summed E-state index contributed by atoms with van der Waals surface area (Å²) < 4.78 is 17.9. The van der Waals surface area contributed by atoms with Crippen LogP contribution in [-0.2, 0) is 9.47 Å². The molecule has 2 aromatic rings. The zero-order chi connectivity index (χ0) is 17.5. The van der Waals surface area contributed by atoms with Crippen LogP contribution in [-0.4, -0.2) is 42.6 Å². The number of benzene rings is 1. The Morgan fingerprint density at radius 2 is 2.32 bits per heavy atom. The first-order valence-corrected chi connectivity index (χ1v) is 8.45. The maximum absolute atomic E-state index is 12.4. The molecule has 0 aliphatic carbocycles. The lowest BCUT2D eigenvalue weighted by Crippen LogP contribution is -2.18. The smallest absolute Gasteiger partial charge is 0.255 e. The van der Waals surface area contributed by atoms with E-state index in [-0.39, 0.29) is 12.1 Å². The topological polar surface area (TPSA) is 74.6 Å². The number of hydrogen-bond donors (Lipinski definition) is 1. The molecular weight excluding hydrogens is 322 g/mol. The molecule has 0 saturated carbocycles. The largest absolute Gasteiger partial charge is 0.491 e. The molecule has 1 aliphatic rings. The van der Waals surface area contributed by atoms with E-state index in [2.05, 4.69) is 10.4 Å². The van der Waals surface area contributed by atoms with Crippen molar-refractivity contribution in [2.24, 2.45) is 0 Å². The fourth-order valence-electron chi connectivity index (χ4n) is 2.67. The number of nitrogens with zero attached hydrogens (tertiary/aromatic N) is 2. The Labute approximate surface area is 146 Å². The van der Waals surface area contributed by atoms with Crippen molar-refractivity contribution in [1.29, 1.82) is 0 Å². The van der Waals surface area contributed by atoms with Gasteiger partial charge in [-0.3, -0.25) is 4.79 Å². The molecule has 1 unspecified atom stereocenters. The maximum Gasteiger partial charge on any atom is 0.255 e. The lowest BCUT2D eigenvalue weighted by atomic mass is 10.2. The number of hydrogen-bond acceptors (Lipinski definition) is 5. The minimum absolute atomic E-state index is 0.0445. The molecule has 134 valence electrons. The zero-order valence-corrected chi connectivity index (χ0v) is 14.3. The van der Waals surface area contributed by atoms with Crippen molar-refractivity contribution in [2.45, 2.75) is 25.5 Å². The van der Waals surface area contributed by atoms with Gasteiger partial charge in [0.2, 0.25) is 0 Å². The second-order valence-electron chi connectivity index (χ2n) is 5.85. The average molecular weight is 345 g/mol. The van der Waals surface area contributed by atoms with Crippen molar-refractivity contribution < 1.29 is 19.0 Å². The number of carbonyl (C=O) groups excluding carboxylic acids is 1. The fourth-order valence-corrected chi connectivity index (χ4v) is 2.67. The van der Waals surface area contributed by atoms with Gasteiger partial charge in [0.25, 0.3) is 5.91 Å². The van der Waals surface area contributed by atoms with E-state index >= 15 is 0 Å². The highest BCUT2D eigenvalue weighted by Crippen LogP contribution is 2.23. The van der Waals surface area contributed by atoms with Gasteiger partial charge in [0, 0.05) is 19.3 Å². The van der Waals surface area contributed by atoms with E-state index in [1.54, 1.807) is 42.4 Å². The third-order valence-electron chi connectivity index (χ3n) is 3.96. The molecule has 1 aromatic carbocycles. The van der Waals surface area contributed by atoms with Crippen LogP contribution in [0.15, 0.2) is 36.7 Å². The average Bonchev–Trinajstić information content (AvgIpc) is 3.11. The van der Waals surface area contributed by atoms with E-state index in [0.717, 1.165) is 25.9 Å². The van der Waals surface area contributed by atoms with Gasteiger partial charge < -0.3 is 19.5 Å². The molecule has 7 heteroatoms. The first-order valence-electron chi connectivity index (χ1n) is 8.45. The van der Waals surface area contributed by atoms with Crippen LogP contribution < -0.4 is 10.1 Å². The van der Waals surface area contributed by atoms with Gasteiger partial charge in [-0.25, -0.2) is 4.68 Å². The third-order valence-corrected chi connectivity index (χ3v) is 3.96. The van der Waals surface area contributed by atoms with Crippen molar-refractivity contribution in [1.82, 2.24) is 9.78 Å². The summed E-state index contributed by atoms with van der Waals surface area (Å²) >= 11 is 0. The Bertz CT molecular complexity index is 695. The number of rotatable bonds is 7. The highest BCUT2D eigenvalue weighted by atomic mass is 16.5. The number of nitrogens with one attached hydrogen (secondary N) is 1. The molecule has 1 N–H and O–H groups in total. The zero-order valence-electron chi connectivity index (χ0n) is 14.3. The van der Waals surface area contributed by atoms with Crippen LogP contribution in [0.25, 0.3) is 0 Å². The number of ether oxygens (including phenoxy) is 3. The fraction of sp³-hybridized carbons (Fsp3) is 0.444. The maximum atomic E-state index is 12.4. The molecule has 1 aliphatic heterocycles. The van der Waals surface area contributed by atoms with Gasteiger partial charge in [-0.15, -0.1) is 0 Å². The number of aromatic nitrogens is 2. The first kappa shape index (κ1) is 17.4. The molecule has 0 bridgehead atoms. The number of carbonyl (C=O) groups is 1. The Morgan fingerprint density at radius 3 is 3.12 bits per heavy atom. The Kier molecular flexibility index (Phi) is 6.03. The lowest BCUT2D eigenvalue weighted by Gasteiger charge is -2.22. The van der Waals surface area contributed by atoms with Crippen LogP contribution in [0.4, 0.5) is 5.69 Å². The molecule has 1 fully saturated rings. The SMILES string of the molecule is COCCOc1cccc(C(=O)Nc2cnn(C3CCCCO3)c2)c1. The summed E-state index contributed by atoms with van der Waals surface area (Å²) in [6, 6.07) is 7.05. The van der Waals surface area contributed by atoms with Gasteiger partial charge in [0.1, 0.15) is 18.6 Å². The summed E-state index contributed by atoms with van der Waals surface area (Å²) in [5, 5.41) is 7.15. The monoisotopic (exact) mass is 345 g/mol. The van der Waals surface area contributed by atoms with Crippen molar-refractivity contribution in [3.63, 3.8) is 0 Å². The van der Waals surface area contributed by atoms with E-state index in [9.17, 15) is 4.79 Å². The van der Waals surface area contributed by atoms with E-state index < -0.39 is 0 Å².